The molecule has 1 aliphatic rings. The van der Waals surface area contributed by atoms with Crippen LogP contribution in [-0.4, -0.2) is 19.9 Å². The van der Waals surface area contributed by atoms with Gasteiger partial charge in [-0.1, -0.05) is 153 Å². The van der Waals surface area contributed by atoms with Crippen LogP contribution in [0.15, 0.2) is 170 Å². The molecule has 4 nitrogen and oxygen atoms in total. The molecule has 0 saturated carbocycles. The molecule has 0 spiro atoms. The normalized spacial score (nSPS) is 13.1. The number of hydrogen-bond donors (Lipinski definition) is 0. The van der Waals surface area contributed by atoms with Gasteiger partial charge in [0.1, 0.15) is 0 Å². The summed E-state index contributed by atoms with van der Waals surface area (Å²) in [6, 6.07) is 56.6. The quantitative estimate of drug-likeness (QED) is 0.168. The Hall–Kier alpha value is -7.04. The zero-order chi connectivity index (χ0) is 36.7. The minimum absolute atomic E-state index is 0.135. The maximum absolute atomic E-state index is 5.17. The molecule has 4 heteroatoms. The van der Waals surface area contributed by atoms with Gasteiger partial charge < -0.3 is 0 Å². The Labute approximate surface area is 319 Å². The summed E-state index contributed by atoms with van der Waals surface area (Å²) < 4.78 is 0. The van der Waals surface area contributed by atoms with E-state index in [1.165, 1.54) is 60.1 Å². The summed E-state index contributed by atoms with van der Waals surface area (Å²) in [6.07, 6.45) is 3.64. The lowest BCUT2D eigenvalue weighted by atomic mass is 9.82. The summed E-state index contributed by atoms with van der Waals surface area (Å²) in [7, 11) is 0. The molecule has 0 aliphatic heterocycles. The molecule has 2 heterocycles. The van der Waals surface area contributed by atoms with E-state index >= 15 is 0 Å². The lowest BCUT2D eigenvalue weighted by Crippen LogP contribution is -2.15. The summed E-state index contributed by atoms with van der Waals surface area (Å²) in [5, 5.41) is 7.71. The Morgan fingerprint density at radius 3 is 1.58 bits per heavy atom. The SMILES string of the molecule is CC1(C)c2ccccc2-c2ccc(-c3nc(-c4ccc(-c5ccncc5)cc4)nc(-c4ccc(-c5ccc6ccc7cccc8ccc5c6c78)cc4)n3)cc21. The van der Waals surface area contributed by atoms with E-state index in [-0.39, 0.29) is 5.41 Å². The number of pyridine rings is 1. The fourth-order valence-electron chi connectivity index (χ4n) is 8.75. The van der Waals surface area contributed by atoms with E-state index in [0.717, 1.165) is 33.4 Å². The molecule has 8 aromatic carbocycles. The second kappa shape index (κ2) is 12.0. The highest BCUT2D eigenvalue weighted by molar-refractivity contribution is 6.25. The summed E-state index contributed by atoms with van der Waals surface area (Å²) in [5.41, 5.74) is 12.5. The molecule has 2 aromatic heterocycles. The predicted octanol–water partition coefficient (Wildman–Crippen LogP) is 12.8. The van der Waals surface area contributed by atoms with Gasteiger partial charge >= 0.3 is 0 Å². The second-order valence-electron chi connectivity index (χ2n) is 15.1. The summed E-state index contributed by atoms with van der Waals surface area (Å²) in [4.78, 5) is 19.6. The highest BCUT2D eigenvalue weighted by Crippen LogP contribution is 2.49. The molecule has 0 amide bonds. The maximum atomic E-state index is 5.17. The first kappa shape index (κ1) is 31.5. The van der Waals surface area contributed by atoms with Crippen LogP contribution in [0, 0.1) is 0 Å². The highest BCUT2D eigenvalue weighted by Gasteiger charge is 2.35. The Bertz CT molecular complexity index is 3080. The lowest BCUT2D eigenvalue weighted by molar-refractivity contribution is 0.660. The fraction of sp³-hybridized carbons (Fsp3) is 0.0588. The van der Waals surface area contributed by atoms with Crippen molar-refractivity contribution in [3.63, 3.8) is 0 Å². The molecule has 0 unspecified atom stereocenters. The minimum atomic E-state index is -0.135. The summed E-state index contributed by atoms with van der Waals surface area (Å²) >= 11 is 0. The summed E-state index contributed by atoms with van der Waals surface area (Å²) in [6.45, 7) is 4.61. The Balaban J connectivity index is 1.03. The maximum Gasteiger partial charge on any atom is 0.164 e. The van der Waals surface area contributed by atoms with Gasteiger partial charge in [-0.3, -0.25) is 4.98 Å². The molecule has 10 aromatic rings. The van der Waals surface area contributed by atoms with Gasteiger partial charge in [0.05, 0.1) is 0 Å². The van der Waals surface area contributed by atoms with Crippen LogP contribution in [0.25, 0.3) is 99.9 Å². The molecule has 0 radical (unpaired) electrons. The van der Waals surface area contributed by atoms with E-state index in [2.05, 4.69) is 164 Å². The van der Waals surface area contributed by atoms with Crippen molar-refractivity contribution in [3.05, 3.63) is 181 Å². The van der Waals surface area contributed by atoms with E-state index in [1.54, 1.807) is 0 Å². The number of benzene rings is 8. The van der Waals surface area contributed by atoms with Crippen LogP contribution < -0.4 is 0 Å². The van der Waals surface area contributed by atoms with Crippen molar-refractivity contribution in [3.8, 4) is 67.5 Å². The van der Waals surface area contributed by atoms with Gasteiger partial charge in [-0.25, -0.2) is 15.0 Å². The van der Waals surface area contributed by atoms with Crippen LogP contribution in [0.2, 0.25) is 0 Å². The van der Waals surface area contributed by atoms with Crippen LogP contribution in [0.1, 0.15) is 25.0 Å². The van der Waals surface area contributed by atoms with Crippen molar-refractivity contribution in [2.45, 2.75) is 19.3 Å². The molecule has 0 N–H and O–H groups in total. The molecular weight excluding hydrogens is 669 g/mol. The number of hydrogen-bond acceptors (Lipinski definition) is 4. The van der Waals surface area contributed by atoms with E-state index in [0.29, 0.717) is 17.5 Å². The molecule has 0 atom stereocenters. The van der Waals surface area contributed by atoms with Crippen molar-refractivity contribution in [2.75, 3.05) is 0 Å². The van der Waals surface area contributed by atoms with Gasteiger partial charge in [0.2, 0.25) is 0 Å². The number of fused-ring (bicyclic) bond motifs is 3. The Kier molecular flexibility index (Phi) is 6.86. The predicted molar refractivity (Wildman–Crippen MR) is 226 cm³/mol. The minimum Gasteiger partial charge on any atom is -0.265 e. The largest absolute Gasteiger partial charge is 0.265 e. The third-order valence-electron chi connectivity index (χ3n) is 11.6. The number of nitrogens with zero attached hydrogens (tertiary/aromatic N) is 4. The summed E-state index contributed by atoms with van der Waals surface area (Å²) in [5.74, 6) is 1.94. The van der Waals surface area contributed by atoms with Crippen molar-refractivity contribution < 1.29 is 0 Å². The monoisotopic (exact) mass is 702 g/mol. The van der Waals surface area contributed by atoms with Gasteiger partial charge in [-0.15, -0.1) is 0 Å². The van der Waals surface area contributed by atoms with Crippen LogP contribution in [-0.2, 0) is 5.41 Å². The third-order valence-corrected chi connectivity index (χ3v) is 11.6. The van der Waals surface area contributed by atoms with Gasteiger partial charge in [0.25, 0.3) is 0 Å². The van der Waals surface area contributed by atoms with Crippen molar-refractivity contribution in [1.29, 1.82) is 0 Å². The highest BCUT2D eigenvalue weighted by atomic mass is 15.0. The Morgan fingerprint density at radius 2 is 0.873 bits per heavy atom. The second-order valence-corrected chi connectivity index (χ2v) is 15.1. The first-order chi connectivity index (χ1) is 27.0. The third kappa shape index (κ3) is 4.99. The van der Waals surface area contributed by atoms with E-state index in [9.17, 15) is 0 Å². The smallest absolute Gasteiger partial charge is 0.164 e. The van der Waals surface area contributed by atoms with E-state index < -0.39 is 0 Å². The molecule has 55 heavy (non-hydrogen) atoms. The molecule has 0 saturated heterocycles. The molecule has 11 rings (SSSR count). The molecule has 1 aliphatic carbocycles. The molecular formula is C51H34N4. The van der Waals surface area contributed by atoms with E-state index in [1.807, 2.05) is 24.5 Å². The standard InChI is InChI=1S/C51H34N4/c1-51(2)44-9-4-3-8-41(44)42-24-22-39(30-45(42)51)50-54-48(37-16-10-31(11-17-37)32-26-28-52-29-27-32)53-49(55-50)38-18-12-33(13-19-38)40-23-20-36-15-14-34-6-5-7-35-21-25-43(40)47(36)46(34)35/h3-30H,1-2H3. The molecule has 258 valence electrons. The van der Waals surface area contributed by atoms with Crippen molar-refractivity contribution in [1.82, 2.24) is 19.9 Å². The van der Waals surface area contributed by atoms with Gasteiger partial charge in [-0.05, 0) is 95.0 Å². The first-order valence-electron chi connectivity index (χ1n) is 18.8. The van der Waals surface area contributed by atoms with Gasteiger partial charge in [-0.2, -0.15) is 0 Å². The first-order valence-corrected chi connectivity index (χ1v) is 18.8. The average Bonchev–Trinajstić information content (AvgIpc) is 3.48. The van der Waals surface area contributed by atoms with Crippen molar-refractivity contribution in [2.24, 2.45) is 0 Å². The Morgan fingerprint density at radius 1 is 0.364 bits per heavy atom. The fourth-order valence-corrected chi connectivity index (χ4v) is 8.75. The van der Waals surface area contributed by atoms with Crippen LogP contribution in [0.3, 0.4) is 0 Å². The van der Waals surface area contributed by atoms with Crippen LogP contribution >= 0.6 is 0 Å². The molecule has 0 bridgehead atoms. The topological polar surface area (TPSA) is 51.6 Å². The zero-order valence-electron chi connectivity index (χ0n) is 30.5. The van der Waals surface area contributed by atoms with E-state index in [4.69, 9.17) is 15.0 Å². The average molecular weight is 703 g/mol. The van der Waals surface area contributed by atoms with Crippen LogP contribution in [0.5, 0.6) is 0 Å². The van der Waals surface area contributed by atoms with Crippen molar-refractivity contribution >= 4 is 32.3 Å². The van der Waals surface area contributed by atoms with Gasteiger partial charge in [0, 0.05) is 34.5 Å². The number of rotatable bonds is 5. The van der Waals surface area contributed by atoms with Crippen LogP contribution in [0.4, 0.5) is 0 Å². The van der Waals surface area contributed by atoms with Gasteiger partial charge in [0.15, 0.2) is 17.5 Å². The molecule has 0 fully saturated rings. The zero-order valence-corrected chi connectivity index (χ0v) is 30.5. The lowest BCUT2D eigenvalue weighted by Gasteiger charge is -2.21. The number of aromatic nitrogens is 4.